The Labute approximate surface area is 103 Å². The molecule has 1 atom stereocenters. The van der Waals surface area contributed by atoms with Crippen LogP contribution < -0.4 is 10.9 Å². The van der Waals surface area contributed by atoms with Crippen molar-refractivity contribution in [3.8, 4) is 0 Å². The molecule has 1 N–H and O–H groups in total. The van der Waals surface area contributed by atoms with E-state index in [9.17, 15) is 4.79 Å². The number of anilines is 1. The van der Waals surface area contributed by atoms with E-state index in [1.807, 2.05) is 6.92 Å². The summed E-state index contributed by atoms with van der Waals surface area (Å²) in [5.41, 5.74) is -0.0357. The molecule has 1 unspecified atom stereocenters. The number of aromatic nitrogens is 2. The van der Waals surface area contributed by atoms with Gasteiger partial charge in [-0.2, -0.15) is 0 Å². The summed E-state index contributed by atoms with van der Waals surface area (Å²) in [7, 11) is 0. The molecule has 0 aliphatic carbocycles. The lowest BCUT2D eigenvalue weighted by molar-refractivity contribution is 0.526. The fraction of sp³-hybridized carbons (Fsp3) is 0.692. The summed E-state index contributed by atoms with van der Waals surface area (Å²) in [6, 6.07) is 0.283. The monoisotopic (exact) mass is 237 g/mol. The standard InChI is InChI=1S/C13H23N3O/c1-5-16-9-8-14-12(13(16)17)15-11(4)7-6-10(2)3/h8-11H,5-7H2,1-4H3,(H,14,15). The minimum Gasteiger partial charge on any atom is -0.363 e. The van der Waals surface area contributed by atoms with Gasteiger partial charge in [-0.1, -0.05) is 13.8 Å². The van der Waals surface area contributed by atoms with E-state index < -0.39 is 0 Å². The number of aryl methyl sites for hydroxylation is 1. The number of hydrogen-bond acceptors (Lipinski definition) is 3. The number of nitrogens with zero attached hydrogens (tertiary/aromatic N) is 2. The van der Waals surface area contributed by atoms with Gasteiger partial charge in [-0.3, -0.25) is 4.79 Å². The first-order chi connectivity index (χ1) is 8.04. The summed E-state index contributed by atoms with van der Waals surface area (Å²) in [5.74, 6) is 1.15. The molecule has 1 heterocycles. The highest BCUT2D eigenvalue weighted by atomic mass is 16.1. The largest absolute Gasteiger partial charge is 0.363 e. The van der Waals surface area contributed by atoms with Crippen LogP contribution in [0.2, 0.25) is 0 Å². The van der Waals surface area contributed by atoms with Crippen LogP contribution in [0.4, 0.5) is 5.82 Å². The van der Waals surface area contributed by atoms with Gasteiger partial charge in [-0.05, 0) is 32.6 Å². The van der Waals surface area contributed by atoms with Crippen molar-refractivity contribution in [1.82, 2.24) is 9.55 Å². The highest BCUT2D eigenvalue weighted by Gasteiger charge is 2.08. The molecule has 1 rings (SSSR count). The van der Waals surface area contributed by atoms with Crippen molar-refractivity contribution in [1.29, 1.82) is 0 Å². The van der Waals surface area contributed by atoms with Gasteiger partial charge in [0.2, 0.25) is 0 Å². The maximum absolute atomic E-state index is 11.9. The van der Waals surface area contributed by atoms with Crippen LogP contribution in [0, 0.1) is 5.92 Å². The summed E-state index contributed by atoms with van der Waals surface area (Å²) in [6.45, 7) is 9.13. The molecule has 0 aromatic carbocycles. The summed E-state index contributed by atoms with van der Waals surface area (Å²) in [6.07, 6.45) is 5.59. The van der Waals surface area contributed by atoms with Crippen LogP contribution in [0.3, 0.4) is 0 Å². The second-order valence-corrected chi connectivity index (χ2v) is 4.88. The fourth-order valence-corrected chi connectivity index (χ4v) is 1.68. The summed E-state index contributed by atoms with van der Waals surface area (Å²) >= 11 is 0. The van der Waals surface area contributed by atoms with Gasteiger partial charge in [0.1, 0.15) is 0 Å². The Kier molecular flexibility index (Phi) is 5.19. The fourth-order valence-electron chi connectivity index (χ4n) is 1.68. The molecule has 0 radical (unpaired) electrons. The molecule has 96 valence electrons. The minimum atomic E-state index is -0.0357. The molecule has 0 amide bonds. The molecule has 4 nitrogen and oxygen atoms in total. The molecule has 0 aliphatic heterocycles. The van der Waals surface area contributed by atoms with E-state index in [0.717, 1.165) is 12.8 Å². The van der Waals surface area contributed by atoms with Crippen LogP contribution in [-0.2, 0) is 6.54 Å². The van der Waals surface area contributed by atoms with E-state index in [4.69, 9.17) is 0 Å². The Hall–Kier alpha value is -1.32. The molecule has 0 fully saturated rings. The third-order valence-corrected chi connectivity index (χ3v) is 2.81. The zero-order chi connectivity index (χ0) is 12.8. The average molecular weight is 237 g/mol. The molecule has 17 heavy (non-hydrogen) atoms. The SMILES string of the molecule is CCn1ccnc(NC(C)CCC(C)C)c1=O. The molecular formula is C13H23N3O. The molecule has 0 bridgehead atoms. The zero-order valence-corrected chi connectivity index (χ0v) is 11.2. The van der Waals surface area contributed by atoms with Gasteiger partial charge >= 0.3 is 0 Å². The van der Waals surface area contributed by atoms with Crippen LogP contribution >= 0.6 is 0 Å². The van der Waals surface area contributed by atoms with E-state index in [-0.39, 0.29) is 11.6 Å². The van der Waals surface area contributed by atoms with Crippen molar-refractivity contribution in [2.24, 2.45) is 5.92 Å². The van der Waals surface area contributed by atoms with Crippen molar-refractivity contribution < 1.29 is 0 Å². The van der Waals surface area contributed by atoms with Gasteiger partial charge in [-0.15, -0.1) is 0 Å². The third kappa shape index (κ3) is 4.21. The van der Waals surface area contributed by atoms with E-state index >= 15 is 0 Å². The number of nitrogens with one attached hydrogen (secondary N) is 1. The predicted octanol–water partition coefficient (Wildman–Crippen LogP) is 2.50. The first-order valence-electron chi connectivity index (χ1n) is 6.36. The average Bonchev–Trinajstić information content (AvgIpc) is 2.29. The number of rotatable bonds is 6. The molecule has 0 saturated carbocycles. The summed E-state index contributed by atoms with van der Waals surface area (Å²) in [4.78, 5) is 16.0. The van der Waals surface area contributed by atoms with Crippen molar-refractivity contribution in [3.63, 3.8) is 0 Å². The summed E-state index contributed by atoms with van der Waals surface area (Å²) < 4.78 is 1.66. The first kappa shape index (κ1) is 13.7. The maximum Gasteiger partial charge on any atom is 0.293 e. The second kappa shape index (κ2) is 6.42. The van der Waals surface area contributed by atoms with Gasteiger partial charge in [0.25, 0.3) is 5.56 Å². The predicted molar refractivity (Wildman–Crippen MR) is 71.3 cm³/mol. The highest BCUT2D eigenvalue weighted by Crippen LogP contribution is 2.09. The smallest absolute Gasteiger partial charge is 0.293 e. The Bertz CT molecular complexity index is 398. The van der Waals surface area contributed by atoms with Crippen molar-refractivity contribution in [2.75, 3.05) is 5.32 Å². The van der Waals surface area contributed by atoms with Crippen LogP contribution in [0.15, 0.2) is 17.2 Å². The lowest BCUT2D eigenvalue weighted by Crippen LogP contribution is -2.27. The Balaban J connectivity index is 2.65. The maximum atomic E-state index is 11.9. The summed E-state index contributed by atoms with van der Waals surface area (Å²) in [5, 5.41) is 3.20. The van der Waals surface area contributed by atoms with Crippen molar-refractivity contribution in [3.05, 3.63) is 22.7 Å². The lowest BCUT2D eigenvalue weighted by Gasteiger charge is -2.15. The van der Waals surface area contributed by atoms with Crippen LogP contribution in [0.1, 0.15) is 40.5 Å². The molecular weight excluding hydrogens is 214 g/mol. The Morgan fingerprint density at radius 2 is 2.06 bits per heavy atom. The van der Waals surface area contributed by atoms with Crippen molar-refractivity contribution in [2.45, 2.75) is 53.1 Å². The normalized spacial score (nSPS) is 12.8. The van der Waals surface area contributed by atoms with Crippen LogP contribution in [0.5, 0.6) is 0 Å². The molecule has 0 aliphatic rings. The van der Waals surface area contributed by atoms with E-state index in [1.54, 1.807) is 17.0 Å². The van der Waals surface area contributed by atoms with Gasteiger partial charge in [0, 0.05) is 25.0 Å². The quantitative estimate of drug-likeness (QED) is 0.827. The molecule has 4 heteroatoms. The molecule has 0 spiro atoms. The highest BCUT2D eigenvalue weighted by molar-refractivity contribution is 5.31. The molecule has 1 aromatic heterocycles. The second-order valence-electron chi connectivity index (χ2n) is 4.88. The third-order valence-electron chi connectivity index (χ3n) is 2.81. The van der Waals surface area contributed by atoms with E-state index in [0.29, 0.717) is 18.3 Å². The van der Waals surface area contributed by atoms with E-state index in [2.05, 4.69) is 31.1 Å². The van der Waals surface area contributed by atoms with Crippen LogP contribution in [0.25, 0.3) is 0 Å². The van der Waals surface area contributed by atoms with Gasteiger partial charge in [0.15, 0.2) is 5.82 Å². The topological polar surface area (TPSA) is 46.9 Å². The lowest BCUT2D eigenvalue weighted by atomic mass is 10.0. The zero-order valence-electron chi connectivity index (χ0n) is 11.2. The first-order valence-corrected chi connectivity index (χ1v) is 6.36. The van der Waals surface area contributed by atoms with Gasteiger partial charge < -0.3 is 9.88 Å². The Morgan fingerprint density at radius 3 is 2.65 bits per heavy atom. The molecule has 1 aromatic rings. The molecule has 0 saturated heterocycles. The minimum absolute atomic E-state index is 0.0357. The van der Waals surface area contributed by atoms with Crippen molar-refractivity contribution >= 4 is 5.82 Å². The Morgan fingerprint density at radius 1 is 1.35 bits per heavy atom. The van der Waals surface area contributed by atoms with E-state index in [1.165, 1.54) is 0 Å². The van der Waals surface area contributed by atoms with Gasteiger partial charge in [0.05, 0.1) is 0 Å². The number of hydrogen-bond donors (Lipinski definition) is 1. The van der Waals surface area contributed by atoms with Crippen LogP contribution in [-0.4, -0.2) is 15.6 Å². The van der Waals surface area contributed by atoms with Gasteiger partial charge in [-0.25, -0.2) is 4.98 Å².